The maximum Gasteiger partial charge on any atom is 0.124 e. The molecule has 13 heavy (non-hydrogen) atoms. The second-order valence-electron chi connectivity index (χ2n) is 3.20. The van der Waals surface area contributed by atoms with Crippen molar-refractivity contribution in [2.45, 2.75) is 13.3 Å². The van der Waals surface area contributed by atoms with Gasteiger partial charge in [-0.25, -0.2) is 0 Å². The van der Waals surface area contributed by atoms with Crippen molar-refractivity contribution in [3.63, 3.8) is 0 Å². The van der Waals surface area contributed by atoms with Gasteiger partial charge in [-0.15, -0.1) is 0 Å². The summed E-state index contributed by atoms with van der Waals surface area (Å²) >= 11 is 0. The number of aldehydes is 1. The molecule has 0 unspecified atom stereocenters. The topological polar surface area (TPSA) is 32.9 Å². The third kappa shape index (κ3) is 1.35. The van der Waals surface area contributed by atoms with E-state index in [0.717, 1.165) is 23.1 Å². The van der Waals surface area contributed by atoms with Gasteiger partial charge in [-0.05, 0) is 23.9 Å². The monoisotopic (exact) mass is 173 g/mol. The lowest BCUT2D eigenvalue weighted by atomic mass is 10.1. The molecule has 1 heterocycles. The predicted molar refractivity (Wildman–Crippen MR) is 52.8 cm³/mol. The van der Waals surface area contributed by atoms with Gasteiger partial charge in [0.15, 0.2) is 0 Å². The first-order chi connectivity index (χ1) is 6.31. The number of nitrogens with one attached hydrogen (secondary N) is 1. The average molecular weight is 173 g/mol. The van der Waals surface area contributed by atoms with Crippen LogP contribution in [0.3, 0.4) is 0 Å². The van der Waals surface area contributed by atoms with Crippen molar-refractivity contribution in [3.05, 3.63) is 35.5 Å². The van der Waals surface area contributed by atoms with Gasteiger partial charge in [0.05, 0.1) is 0 Å². The fourth-order valence-corrected chi connectivity index (χ4v) is 1.62. The second kappa shape index (κ2) is 3.05. The normalized spacial score (nSPS) is 10.5. The summed E-state index contributed by atoms with van der Waals surface area (Å²) in [5.74, 6) is 0. The van der Waals surface area contributed by atoms with Crippen LogP contribution in [0, 0.1) is 6.92 Å². The highest BCUT2D eigenvalue weighted by Gasteiger charge is 2.01. The van der Waals surface area contributed by atoms with Crippen molar-refractivity contribution in [2.75, 3.05) is 0 Å². The Morgan fingerprint density at radius 1 is 1.46 bits per heavy atom. The number of aryl methyl sites for hydroxylation is 1. The van der Waals surface area contributed by atoms with E-state index in [-0.39, 0.29) is 0 Å². The Labute approximate surface area is 76.6 Å². The first-order valence-electron chi connectivity index (χ1n) is 4.32. The van der Waals surface area contributed by atoms with Gasteiger partial charge in [-0.1, -0.05) is 18.2 Å². The summed E-state index contributed by atoms with van der Waals surface area (Å²) in [4.78, 5) is 13.7. The van der Waals surface area contributed by atoms with Crippen molar-refractivity contribution in [1.29, 1.82) is 0 Å². The Hall–Kier alpha value is -1.57. The fourth-order valence-electron chi connectivity index (χ4n) is 1.62. The minimum absolute atomic E-state index is 0.483. The molecule has 0 saturated heterocycles. The van der Waals surface area contributed by atoms with Crippen LogP contribution in [0.15, 0.2) is 24.3 Å². The van der Waals surface area contributed by atoms with Crippen molar-refractivity contribution in [1.82, 2.24) is 4.98 Å². The largest absolute Gasteiger partial charge is 0.358 e. The smallest absolute Gasteiger partial charge is 0.124 e. The minimum atomic E-state index is 0.483. The Bertz CT molecular complexity index is 442. The number of benzene rings is 1. The zero-order valence-corrected chi connectivity index (χ0v) is 7.50. The highest BCUT2D eigenvalue weighted by Crippen LogP contribution is 2.18. The van der Waals surface area contributed by atoms with Crippen LogP contribution in [-0.4, -0.2) is 11.3 Å². The summed E-state index contributed by atoms with van der Waals surface area (Å²) in [6, 6.07) is 8.10. The van der Waals surface area contributed by atoms with Gasteiger partial charge in [0, 0.05) is 17.6 Å². The fraction of sp³-hybridized carbons (Fsp3) is 0.182. The summed E-state index contributed by atoms with van der Waals surface area (Å²) in [6.07, 6.45) is 1.42. The molecule has 2 aromatic rings. The van der Waals surface area contributed by atoms with Gasteiger partial charge in [0.2, 0.25) is 0 Å². The predicted octanol–water partition coefficient (Wildman–Crippen LogP) is 2.22. The number of aromatic nitrogens is 1. The summed E-state index contributed by atoms with van der Waals surface area (Å²) in [6.45, 7) is 2.02. The van der Waals surface area contributed by atoms with Crippen LogP contribution in [0.2, 0.25) is 0 Å². The Morgan fingerprint density at radius 3 is 3.08 bits per heavy atom. The zero-order valence-electron chi connectivity index (χ0n) is 7.50. The molecule has 0 aliphatic heterocycles. The Morgan fingerprint density at radius 2 is 2.31 bits per heavy atom. The zero-order chi connectivity index (χ0) is 9.26. The van der Waals surface area contributed by atoms with Crippen LogP contribution >= 0.6 is 0 Å². The van der Waals surface area contributed by atoms with Crippen molar-refractivity contribution in [2.24, 2.45) is 0 Å². The number of carbonyl (C=O) groups is 1. The number of hydrogen-bond donors (Lipinski definition) is 1. The molecule has 2 heteroatoms. The molecule has 2 rings (SSSR count). The lowest BCUT2D eigenvalue weighted by Crippen LogP contribution is -1.86. The van der Waals surface area contributed by atoms with E-state index >= 15 is 0 Å². The van der Waals surface area contributed by atoms with Crippen LogP contribution in [-0.2, 0) is 11.2 Å². The molecule has 0 aliphatic carbocycles. The molecule has 0 radical (unpaired) electrons. The molecule has 0 bridgehead atoms. The van der Waals surface area contributed by atoms with E-state index in [4.69, 9.17) is 0 Å². The third-order valence-electron chi connectivity index (χ3n) is 2.18. The molecule has 2 nitrogen and oxygen atoms in total. The van der Waals surface area contributed by atoms with Crippen molar-refractivity contribution in [3.8, 4) is 0 Å². The summed E-state index contributed by atoms with van der Waals surface area (Å²) in [7, 11) is 0. The van der Waals surface area contributed by atoms with Gasteiger partial charge >= 0.3 is 0 Å². The van der Waals surface area contributed by atoms with Gasteiger partial charge in [0.25, 0.3) is 0 Å². The molecule has 0 spiro atoms. The molecular weight excluding hydrogens is 162 g/mol. The van der Waals surface area contributed by atoms with Gasteiger partial charge in [-0.2, -0.15) is 0 Å². The second-order valence-corrected chi connectivity index (χ2v) is 3.20. The minimum Gasteiger partial charge on any atom is -0.358 e. The van der Waals surface area contributed by atoms with Crippen molar-refractivity contribution < 1.29 is 4.79 Å². The van der Waals surface area contributed by atoms with Crippen LogP contribution in [0.1, 0.15) is 11.3 Å². The molecule has 0 saturated carbocycles. The molecule has 0 aliphatic rings. The van der Waals surface area contributed by atoms with Crippen LogP contribution < -0.4 is 0 Å². The lowest BCUT2D eigenvalue weighted by molar-refractivity contribution is -0.107. The molecule has 0 fully saturated rings. The molecule has 0 amide bonds. The number of rotatable bonds is 2. The molecular formula is C11H11NO. The average Bonchev–Trinajstić information content (AvgIpc) is 2.47. The molecule has 1 N–H and O–H groups in total. The Balaban J connectivity index is 2.67. The highest BCUT2D eigenvalue weighted by molar-refractivity contribution is 5.85. The van der Waals surface area contributed by atoms with E-state index in [2.05, 4.69) is 11.1 Å². The quantitative estimate of drug-likeness (QED) is 0.694. The Kier molecular flexibility index (Phi) is 1.89. The first-order valence-corrected chi connectivity index (χ1v) is 4.32. The van der Waals surface area contributed by atoms with Gasteiger partial charge in [-0.3, -0.25) is 0 Å². The third-order valence-corrected chi connectivity index (χ3v) is 2.18. The van der Waals surface area contributed by atoms with E-state index in [0.29, 0.717) is 6.42 Å². The van der Waals surface area contributed by atoms with Crippen LogP contribution in [0.4, 0.5) is 0 Å². The summed E-state index contributed by atoms with van der Waals surface area (Å²) in [5.41, 5.74) is 3.29. The number of aromatic amines is 1. The standard InChI is InChI=1S/C11H11NO/c1-8-7-10-4-2-3-9(5-6-13)11(10)12-8/h2-4,6-7,12H,5H2,1H3. The van der Waals surface area contributed by atoms with Crippen LogP contribution in [0.5, 0.6) is 0 Å². The maximum absolute atomic E-state index is 10.4. The SMILES string of the molecule is Cc1cc2cccc(CC=O)c2[nH]1. The summed E-state index contributed by atoms with van der Waals surface area (Å²) < 4.78 is 0. The van der Waals surface area contributed by atoms with E-state index < -0.39 is 0 Å². The van der Waals surface area contributed by atoms with E-state index in [1.807, 2.05) is 25.1 Å². The highest BCUT2D eigenvalue weighted by atomic mass is 16.1. The number of hydrogen-bond acceptors (Lipinski definition) is 1. The number of H-pyrrole nitrogens is 1. The molecule has 1 aromatic carbocycles. The number of fused-ring (bicyclic) bond motifs is 1. The van der Waals surface area contributed by atoms with E-state index in [1.54, 1.807) is 0 Å². The summed E-state index contributed by atoms with van der Waals surface area (Å²) in [5, 5.41) is 1.18. The van der Waals surface area contributed by atoms with Crippen molar-refractivity contribution >= 4 is 17.2 Å². The molecule has 66 valence electrons. The van der Waals surface area contributed by atoms with Crippen LogP contribution in [0.25, 0.3) is 10.9 Å². The van der Waals surface area contributed by atoms with E-state index in [1.165, 1.54) is 5.39 Å². The molecule has 0 atom stereocenters. The maximum atomic E-state index is 10.4. The van der Waals surface area contributed by atoms with E-state index in [9.17, 15) is 4.79 Å². The van der Waals surface area contributed by atoms with Gasteiger partial charge < -0.3 is 9.78 Å². The first kappa shape index (κ1) is 8.05. The molecule has 1 aromatic heterocycles. The lowest BCUT2D eigenvalue weighted by Gasteiger charge is -1.96. The number of para-hydroxylation sites is 1. The van der Waals surface area contributed by atoms with Gasteiger partial charge in [0.1, 0.15) is 6.29 Å². The number of carbonyl (C=O) groups excluding carboxylic acids is 1.